The van der Waals surface area contributed by atoms with Gasteiger partial charge in [0.2, 0.25) is 11.4 Å². The highest BCUT2D eigenvalue weighted by Gasteiger charge is 2.35. The molecule has 0 atom stereocenters. The van der Waals surface area contributed by atoms with Gasteiger partial charge in [0.25, 0.3) is 0 Å². The maximum atomic E-state index is 12.1. The topological polar surface area (TPSA) is 25.3 Å². The Bertz CT molecular complexity index is 1200. The minimum atomic E-state index is 1.03. The highest BCUT2D eigenvalue weighted by Crippen LogP contribution is 2.45. The van der Waals surface area contributed by atoms with Crippen molar-refractivity contribution in [3.63, 3.8) is 0 Å². The average molecular weight is 611 g/mol. The summed E-state index contributed by atoms with van der Waals surface area (Å²) >= 11 is 0. The zero-order valence-electron chi connectivity index (χ0n) is 29.8. The number of hydrogen-bond donors (Lipinski definition) is 0. The quantitative estimate of drug-likeness (QED) is 0.0789. The van der Waals surface area contributed by atoms with Crippen molar-refractivity contribution in [2.24, 2.45) is 0 Å². The molecule has 0 unspecified atom stereocenters. The second kappa shape index (κ2) is 22.1. The van der Waals surface area contributed by atoms with Gasteiger partial charge in [-0.25, -0.2) is 4.70 Å². The molecule has 45 heavy (non-hydrogen) atoms. The van der Waals surface area contributed by atoms with Gasteiger partial charge >= 0.3 is 0 Å². The van der Waals surface area contributed by atoms with Crippen LogP contribution in [0.25, 0.3) is 16.9 Å². The van der Waals surface area contributed by atoms with Crippen LogP contribution in [0.3, 0.4) is 0 Å². The molecule has 0 fully saturated rings. The molecule has 0 saturated carbocycles. The van der Waals surface area contributed by atoms with Gasteiger partial charge in [-0.15, -0.1) is 0 Å². The molecular formula is C43H66N2. The molecule has 0 amide bonds. The number of allylic oxidation sites excluding steroid dienone is 2. The van der Waals surface area contributed by atoms with E-state index in [2.05, 4.69) is 76.2 Å². The number of hydrogen-bond acceptors (Lipinski definition) is 0. The maximum Gasteiger partial charge on any atom is 0.211 e. The molecule has 0 saturated heterocycles. The summed E-state index contributed by atoms with van der Waals surface area (Å²) in [4.78, 5) is 0. The first-order valence-corrected chi connectivity index (χ1v) is 19.3. The van der Waals surface area contributed by atoms with Crippen molar-refractivity contribution in [1.82, 2.24) is 0 Å². The van der Waals surface area contributed by atoms with E-state index in [0.717, 1.165) is 37.1 Å². The monoisotopic (exact) mass is 611 g/mol. The van der Waals surface area contributed by atoms with Crippen molar-refractivity contribution in [1.29, 1.82) is 0 Å². The number of benzene rings is 2. The molecule has 0 radical (unpaired) electrons. The van der Waals surface area contributed by atoms with Gasteiger partial charge in [0.05, 0.1) is 0 Å². The lowest BCUT2D eigenvalue weighted by Gasteiger charge is -2.12. The van der Waals surface area contributed by atoms with E-state index < -0.39 is 0 Å². The van der Waals surface area contributed by atoms with Crippen LogP contribution in [0.1, 0.15) is 185 Å². The van der Waals surface area contributed by atoms with Gasteiger partial charge in [0.1, 0.15) is 0 Å². The smallest absolute Gasteiger partial charge is 0.211 e. The second-order valence-electron chi connectivity index (χ2n) is 13.7. The molecule has 248 valence electrons. The molecule has 3 rings (SSSR count). The molecule has 1 aliphatic rings. The summed E-state index contributed by atoms with van der Waals surface area (Å²) in [5, 5.41) is 0. The fourth-order valence-electron chi connectivity index (χ4n) is 7.03. The van der Waals surface area contributed by atoms with E-state index in [0.29, 0.717) is 0 Å². The van der Waals surface area contributed by atoms with Crippen LogP contribution in [0.2, 0.25) is 0 Å². The standard InChI is InChI=1S/C43H66N2/c1-5-9-13-16-18-21-26-36-28-24-30-38(34-36)42-40(32-20-12-8-4)41(33-23-15-11-7-3)43(45(42)44)39-31-25-29-37(35-39)27-22-19-17-14-10-6-2/h24-25,28-31,34-35H,5-23,26-27,32-33H2,1-4H3. The fraction of sp³-hybridized carbons (Fsp3) is 0.628. The number of rotatable bonds is 25. The third-order valence-corrected chi connectivity index (χ3v) is 9.71. The van der Waals surface area contributed by atoms with E-state index in [1.54, 1.807) is 4.70 Å². The summed E-state index contributed by atoms with van der Waals surface area (Å²) in [6.45, 7) is 9.15. The number of nitrogens with zero attached hydrogens (tertiary/aromatic N) is 2. The molecule has 0 bridgehead atoms. The summed E-state index contributed by atoms with van der Waals surface area (Å²) in [7, 11) is 0. The lowest BCUT2D eigenvalue weighted by molar-refractivity contribution is -0.345. The summed E-state index contributed by atoms with van der Waals surface area (Å²) in [5.41, 5.74) is 22.2. The van der Waals surface area contributed by atoms with E-state index >= 15 is 0 Å². The predicted octanol–water partition coefficient (Wildman–Crippen LogP) is 14.2. The Morgan fingerprint density at radius 1 is 0.422 bits per heavy atom. The zero-order valence-corrected chi connectivity index (χ0v) is 29.8. The molecule has 0 aliphatic carbocycles. The molecule has 2 heteroatoms. The van der Waals surface area contributed by atoms with Crippen LogP contribution >= 0.6 is 0 Å². The van der Waals surface area contributed by atoms with Gasteiger partial charge in [-0.1, -0.05) is 148 Å². The van der Waals surface area contributed by atoms with E-state index in [4.69, 9.17) is 0 Å². The van der Waals surface area contributed by atoms with Crippen molar-refractivity contribution in [3.05, 3.63) is 87.5 Å². The maximum absolute atomic E-state index is 12.1. The Balaban J connectivity index is 1.91. The third kappa shape index (κ3) is 12.3. The number of aryl methyl sites for hydroxylation is 2. The van der Waals surface area contributed by atoms with Crippen LogP contribution in [-0.2, 0) is 12.8 Å². The summed E-state index contributed by atoms with van der Waals surface area (Å²) in [5.74, 6) is 0. The number of unbranched alkanes of at least 4 members (excludes halogenated alkanes) is 15. The third-order valence-electron chi connectivity index (χ3n) is 9.71. The van der Waals surface area contributed by atoms with Crippen molar-refractivity contribution in [2.75, 3.05) is 0 Å². The zero-order chi connectivity index (χ0) is 32.1. The molecule has 0 N–H and O–H groups in total. The van der Waals surface area contributed by atoms with Gasteiger partial charge < -0.3 is 5.53 Å². The molecule has 2 nitrogen and oxygen atoms in total. The summed E-state index contributed by atoms with van der Waals surface area (Å²) in [6, 6.07) is 18.2. The lowest BCUT2D eigenvalue weighted by atomic mass is 9.91. The van der Waals surface area contributed by atoms with E-state index in [9.17, 15) is 5.53 Å². The fourth-order valence-corrected chi connectivity index (χ4v) is 7.03. The van der Waals surface area contributed by atoms with Crippen LogP contribution in [-0.4, -0.2) is 4.70 Å². The summed E-state index contributed by atoms with van der Waals surface area (Å²) < 4.78 is 1.60. The lowest BCUT2D eigenvalue weighted by Crippen LogP contribution is -2.03. The van der Waals surface area contributed by atoms with Gasteiger partial charge in [-0.05, 0) is 86.8 Å². The van der Waals surface area contributed by atoms with Crippen molar-refractivity contribution >= 4 is 11.4 Å². The van der Waals surface area contributed by atoms with Crippen LogP contribution in [0.15, 0.2) is 59.7 Å². The van der Waals surface area contributed by atoms with Crippen molar-refractivity contribution in [2.45, 2.75) is 175 Å². The van der Waals surface area contributed by atoms with Gasteiger partial charge in [0.15, 0.2) is 0 Å². The van der Waals surface area contributed by atoms with Crippen molar-refractivity contribution in [3.8, 4) is 0 Å². The van der Waals surface area contributed by atoms with Gasteiger partial charge in [-0.3, -0.25) is 0 Å². The SMILES string of the molecule is CCCCCCCCc1cccc(C2=C(CCCCC)C(CCCCCC)=C(c3cccc(CCCCCCCC)c3)[N+]2=[N-])c1. The highest BCUT2D eigenvalue weighted by molar-refractivity contribution is 5.82. The van der Waals surface area contributed by atoms with Crippen LogP contribution in [0.5, 0.6) is 0 Å². The van der Waals surface area contributed by atoms with Crippen LogP contribution in [0.4, 0.5) is 0 Å². The first-order valence-electron chi connectivity index (χ1n) is 19.3. The summed E-state index contributed by atoms with van der Waals surface area (Å²) in [6.07, 6.45) is 28.7. The van der Waals surface area contributed by atoms with Crippen LogP contribution in [0, 0.1) is 0 Å². The highest BCUT2D eigenvalue weighted by atomic mass is 15.2. The van der Waals surface area contributed by atoms with Gasteiger partial charge in [0, 0.05) is 22.3 Å². The Morgan fingerprint density at radius 3 is 1.20 bits per heavy atom. The molecular weight excluding hydrogens is 544 g/mol. The minimum absolute atomic E-state index is 1.03. The van der Waals surface area contributed by atoms with E-state index in [1.807, 2.05) is 0 Å². The average Bonchev–Trinajstić information content (AvgIpc) is 3.33. The molecule has 2 aromatic carbocycles. The second-order valence-corrected chi connectivity index (χ2v) is 13.7. The molecule has 1 aliphatic heterocycles. The Kier molecular flexibility index (Phi) is 18.2. The molecule has 1 heterocycles. The van der Waals surface area contributed by atoms with Crippen LogP contribution < -0.4 is 0 Å². The minimum Gasteiger partial charge on any atom is -0.493 e. The van der Waals surface area contributed by atoms with E-state index in [1.165, 1.54) is 155 Å². The molecule has 2 aromatic rings. The largest absolute Gasteiger partial charge is 0.493 e. The Hall–Kier alpha value is -2.48. The first kappa shape index (κ1) is 37.0. The predicted molar refractivity (Wildman–Crippen MR) is 197 cm³/mol. The normalized spacial score (nSPS) is 13.5. The Morgan fingerprint density at radius 2 is 0.756 bits per heavy atom. The first-order chi connectivity index (χ1) is 22.1. The Labute approximate surface area is 278 Å². The van der Waals surface area contributed by atoms with E-state index in [-0.39, 0.29) is 0 Å². The molecule has 0 spiro atoms. The van der Waals surface area contributed by atoms with Crippen molar-refractivity contribution < 1.29 is 4.70 Å². The molecule has 0 aromatic heterocycles. The van der Waals surface area contributed by atoms with Gasteiger partial charge in [-0.2, -0.15) is 0 Å².